The van der Waals surface area contributed by atoms with Crippen LogP contribution in [0.3, 0.4) is 0 Å². The Bertz CT molecular complexity index is 1130. The lowest BCUT2D eigenvalue weighted by molar-refractivity contribution is -0.167. The van der Waals surface area contributed by atoms with Crippen molar-refractivity contribution in [2.24, 2.45) is 0 Å². The summed E-state index contributed by atoms with van der Waals surface area (Å²) in [6.45, 7) is 6.64. The van der Waals surface area contributed by atoms with Crippen LogP contribution in [0.1, 0.15) is 316 Å². The summed E-state index contributed by atoms with van der Waals surface area (Å²) in [6, 6.07) is 0. The van der Waals surface area contributed by atoms with Gasteiger partial charge in [-0.25, -0.2) is 0 Å². The maximum atomic E-state index is 12.8. The molecule has 1 unspecified atom stereocenters. The normalized spacial score (nSPS) is 12.2. The molecular formula is C61H112O6. The van der Waals surface area contributed by atoms with E-state index in [1.54, 1.807) is 0 Å². The molecule has 0 radical (unpaired) electrons. The molecule has 0 aromatic heterocycles. The van der Waals surface area contributed by atoms with Crippen LogP contribution in [0.5, 0.6) is 0 Å². The Morgan fingerprint density at radius 1 is 0.299 bits per heavy atom. The van der Waals surface area contributed by atoms with Crippen molar-refractivity contribution in [1.82, 2.24) is 0 Å². The lowest BCUT2D eigenvalue weighted by Gasteiger charge is -2.18. The van der Waals surface area contributed by atoms with Gasteiger partial charge in [-0.1, -0.05) is 276 Å². The van der Waals surface area contributed by atoms with Crippen molar-refractivity contribution >= 4 is 17.9 Å². The Balaban J connectivity index is 4.19. The summed E-state index contributed by atoms with van der Waals surface area (Å²) in [7, 11) is 0. The number of carbonyl (C=O) groups excluding carboxylic acids is 3. The molecule has 0 heterocycles. The second kappa shape index (κ2) is 56.2. The third kappa shape index (κ3) is 54.4. The molecule has 0 aliphatic carbocycles. The van der Waals surface area contributed by atoms with Crippen molar-refractivity contribution in [2.45, 2.75) is 322 Å². The summed E-state index contributed by atoms with van der Waals surface area (Å²) < 4.78 is 16.8. The maximum Gasteiger partial charge on any atom is 0.306 e. The van der Waals surface area contributed by atoms with Crippen molar-refractivity contribution in [3.63, 3.8) is 0 Å². The number of rotatable bonds is 54. The monoisotopic (exact) mass is 941 g/mol. The number of carbonyl (C=O) groups is 3. The fourth-order valence-corrected chi connectivity index (χ4v) is 8.69. The summed E-state index contributed by atoms with van der Waals surface area (Å²) in [5.74, 6) is -0.858. The average molecular weight is 942 g/mol. The Labute approximate surface area is 416 Å². The number of allylic oxidation sites excluding steroid dienone is 6. The molecule has 0 saturated heterocycles. The lowest BCUT2D eigenvalue weighted by Crippen LogP contribution is -2.30. The zero-order chi connectivity index (χ0) is 48.6. The van der Waals surface area contributed by atoms with E-state index < -0.39 is 6.10 Å². The van der Waals surface area contributed by atoms with Crippen LogP contribution in [-0.2, 0) is 28.6 Å². The van der Waals surface area contributed by atoms with Crippen LogP contribution < -0.4 is 0 Å². The molecule has 67 heavy (non-hydrogen) atoms. The molecule has 6 nitrogen and oxygen atoms in total. The average Bonchev–Trinajstić information content (AvgIpc) is 3.33. The number of ether oxygens (including phenoxy) is 3. The van der Waals surface area contributed by atoms with Gasteiger partial charge in [0.2, 0.25) is 0 Å². The van der Waals surface area contributed by atoms with Gasteiger partial charge in [-0.05, 0) is 57.8 Å². The van der Waals surface area contributed by atoms with Gasteiger partial charge >= 0.3 is 17.9 Å². The van der Waals surface area contributed by atoms with Gasteiger partial charge in [0, 0.05) is 19.3 Å². The van der Waals surface area contributed by atoms with Gasteiger partial charge in [0.1, 0.15) is 13.2 Å². The van der Waals surface area contributed by atoms with Gasteiger partial charge < -0.3 is 14.2 Å². The first-order chi connectivity index (χ1) is 33.0. The molecule has 6 heteroatoms. The number of esters is 3. The first-order valence-electron chi connectivity index (χ1n) is 29.5. The third-order valence-corrected chi connectivity index (χ3v) is 13.1. The van der Waals surface area contributed by atoms with E-state index in [0.717, 1.165) is 70.6 Å². The van der Waals surface area contributed by atoms with Gasteiger partial charge in [-0.15, -0.1) is 0 Å². The Morgan fingerprint density at radius 2 is 0.537 bits per heavy atom. The molecule has 0 aromatic carbocycles. The molecular weight excluding hydrogens is 829 g/mol. The van der Waals surface area contributed by atoms with Crippen LogP contribution in [0.15, 0.2) is 36.5 Å². The number of unbranched alkanes of at least 4 members (excludes halogenated alkanes) is 37. The van der Waals surface area contributed by atoms with Crippen molar-refractivity contribution in [2.75, 3.05) is 13.2 Å². The van der Waals surface area contributed by atoms with E-state index in [-0.39, 0.29) is 31.1 Å². The summed E-state index contributed by atoms with van der Waals surface area (Å²) in [4.78, 5) is 38.0. The van der Waals surface area contributed by atoms with Gasteiger partial charge in [0.15, 0.2) is 6.10 Å². The Morgan fingerprint density at radius 3 is 0.836 bits per heavy atom. The van der Waals surface area contributed by atoms with Gasteiger partial charge in [0.05, 0.1) is 0 Å². The standard InChI is InChI=1S/C61H112O6/c1-4-7-10-13-16-19-21-23-25-26-27-28-29-30-31-32-33-34-36-37-39-42-45-48-51-54-60(63)66-57-58(56-65-59(62)53-50-47-44-41-18-15-12-9-6-3)67-61(64)55-52-49-46-43-40-38-35-24-22-20-17-14-11-8-5-2/h21,23,26-27,29-30,58H,4-20,22,24-25,28,31-57H2,1-3H3/b23-21-,27-26-,30-29-. The van der Waals surface area contributed by atoms with Gasteiger partial charge in [0.25, 0.3) is 0 Å². The number of hydrogen-bond acceptors (Lipinski definition) is 6. The van der Waals surface area contributed by atoms with E-state index in [2.05, 4.69) is 57.2 Å². The highest BCUT2D eigenvalue weighted by Crippen LogP contribution is 2.17. The highest BCUT2D eigenvalue weighted by Gasteiger charge is 2.19. The lowest BCUT2D eigenvalue weighted by atomic mass is 10.0. The van der Waals surface area contributed by atoms with Crippen molar-refractivity contribution in [3.05, 3.63) is 36.5 Å². The second-order valence-electron chi connectivity index (χ2n) is 19.9. The van der Waals surface area contributed by atoms with Gasteiger partial charge in [-0.3, -0.25) is 14.4 Å². The molecule has 0 rings (SSSR count). The molecule has 0 aromatic rings. The molecule has 0 spiro atoms. The highest BCUT2D eigenvalue weighted by atomic mass is 16.6. The topological polar surface area (TPSA) is 78.9 Å². The van der Waals surface area contributed by atoms with Crippen LogP contribution in [-0.4, -0.2) is 37.2 Å². The molecule has 1 atom stereocenters. The SMILES string of the molecule is CCCCCCC/C=C\C/C=C\C/C=C\CCCCCCCCCCCCC(=O)OCC(COC(=O)CCCCCCCCCCC)OC(=O)CCCCCCCCCCCCCCCCC. The van der Waals surface area contributed by atoms with Crippen LogP contribution in [0.2, 0.25) is 0 Å². The van der Waals surface area contributed by atoms with E-state index >= 15 is 0 Å². The zero-order valence-corrected chi connectivity index (χ0v) is 44.9. The molecule has 392 valence electrons. The van der Waals surface area contributed by atoms with E-state index in [1.165, 1.54) is 205 Å². The van der Waals surface area contributed by atoms with E-state index in [9.17, 15) is 14.4 Å². The molecule has 0 fully saturated rings. The molecule has 0 saturated carbocycles. The summed E-state index contributed by atoms with van der Waals surface area (Å²) in [5.41, 5.74) is 0. The van der Waals surface area contributed by atoms with Crippen LogP contribution in [0.4, 0.5) is 0 Å². The van der Waals surface area contributed by atoms with Crippen LogP contribution in [0, 0.1) is 0 Å². The summed E-state index contributed by atoms with van der Waals surface area (Å²) in [6.07, 6.45) is 67.2. The molecule has 0 bridgehead atoms. The largest absolute Gasteiger partial charge is 0.462 e. The highest BCUT2D eigenvalue weighted by molar-refractivity contribution is 5.71. The van der Waals surface area contributed by atoms with E-state index in [0.29, 0.717) is 19.3 Å². The predicted octanol–water partition coefficient (Wildman–Crippen LogP) is 19.7. The minimum absolute atomic E-state index is 0.0686. The minimum atomic E-state index is -0.768. The summed E-state index contributed by atoms with van der Waals surface area (Å²) in [5, 5.41) is 0. The first kappa shape index (κ1) is 64.6. The van der Waals surface area contributed by atoms with Crippen molar-refractivity contribution in [1.29, 1.82) is 0 Å². The predicted molar refractivity (Wildman–Crippen MR) is 289 cm³/mol. The van der Waals surface area contributed by atoms with Crippen LogP contribution in [0.25, 0.3) is 0 Å². The first-order valence-corrected chi connectivity index (χ1v) is 29.5. The fourth-order valence-electron chi connectivity index (χ4n) is 8.69. The van der Waals surface area contributed by atoms with Crippen LogP contribution >= 0.6 is 0 Å². The third-order valence-electron chi connectivity index (χ3n) is 13.1. The summed E-state index contributed by atoms with van der Waals surface area (Å²) >= 11 is 0. The van der Waals surface area contributed by atoms with E-state index in [4.69, 9.17) is 14.2 Å². The quantitative estimate of drug-likeness (QED) is 0.0262. The second-order valence-corrected chi connectivity index (χ2v) is 19.9. The Hall–Kier alpha value is -2.37. The van der Waals surface area contributed by atoms with Gasteiger partial charge in [-0.2, -0.15) is 0 Å². The van der Waals surface area contributed by atoms with Crippen molar-refractivity contribution in [3.8, 4) is 0 Å². The smallest absolute Gasteiger partial charge is 0.306 e. The maximum absolute atomic E-state index is 12.8. The molecule has 0 aliphatic heterocycles. The number of hydrogen-bond donors (Lipinski definition) is 0. The van der Waals surface area contributed by atoms with E-state index in [1.807, 2.05) is 0 Å². The van der Waals surface area contributed by atoms with Crippen molar-refractivity contribution < 1.29 is 28.6 Å². The molecule has 0 N–H and O–H groups in total. The molecule has 0 amide bonds. The Kier molecular flexibility index (Phi) is 54.2. The molecule has 0 aliphatic rings. The fraction of sp³-hybridized carbons (Fsp3) is 0.852. The minimum Gasteiger partial charge on any atom is -0.462 e. The zero-order valence-electron chi connectivity index (χ0n) is 44.9.